The highest BCUT2D eigenvalue weighted by atomic mass is 35.5. The summed E-state index contributed by atoms with van der Waals surface area (Å²) in [5.41, 5.74) is 1.70. The molecule has 4 rings (SSSR count). The van der Waals surface area contributed by atoms with Gasteiger partial charge in [-0.2, -0.15) is 0 Å². The number of rotatable bonds is 3. The number of nitrogens with zero attached hydrogens (tertiary/aromatic N) is 1. The molecule has 1 N–H and O–H groups in total. The van der Waals surface area contributed by atoms with Gasteiger partial charge in [-0.05, 0) is 42.5 Å². The molecule has 0 radical (unpaired) electrons. The van der Waals surface area contributed by atoms with Gasteiger partial charge in [0.15, 0.2) is 5.78 Å². The molecule has 0 fully saturated rings. The fraction of sp³-hybridized carbons (Fsp3) is 0.250. The van der Waals surface area contributed by atoms with E-state index in [1.807, 2.05) is 17.5 Å². The van der Waals surface area contributed by atoms with E-state index in [4.69, 9.17) is 11.6 Å². The van der Waals surface area contributed by atoms with E-state index in [0.29, 0.717) is 36.2 Å². The lowest BCUT2D eigenvalue weighted by atomic mass is 9.79. The van der Waals surface area contributed by atoms with Crippen molar-refractivity contribution >= 4 is 46.3 Å². The van der Waals surface area contributed by atoms with E-state index in [1.165, 1.54) is 34.4 Å². The summed E-state index contributed by atoms with van der Waals surface area (Å²) in [5, 5.41) is 11.5. The molecular formula is C20H16ClNO4S. The Kier molecular flexibility index (Phi) is 4.61. The largest absolute Gasteiger partial charge is 0.478 e. The molecule has 7 heteroatoms. The number of hydrogen-bond acceptors (Lipinski definition) is 4. The molecule has 0 saturated heterocycles. The lowest BCUT2D eigenvalue weighted by Crippen LogP contribution is -2.40. The van der Waals surface area contributed by atoms with Crippen molar-refractivity contribution in [2.45, 2.75) is 31.6 Å². The highest BCUT2D eigenvalue weighted by molar-refractivity contribution is 7.10. The number of halogens is 1. The number of anilines is 1. The van der Waals surface area contributed by atoms with Crippen LogP contribution in [0, 0.1) is 0 Å². The third-order valence-electron chi connectivity index (χ3n) is 5.00. The van der Waals surface area contributed by atoms with Crippen molar-refractivity contribution in [3.63, 3.8) is 0 Å². The Morgan fingerprint density at radius 3 is 2.74 bits per heavy atom. The summed E-state index contributed by atoms with van der Waals surface area (Å²) >= 11 is 7.85. The molecule has 1 aliphatic carbocycles. The summed E-state index contributed by atoms with van der Waals surface area (Å²) in [5.74, 6) is -1.45. The Morgan fingerprint density at radius 2 is 2.04 bits per heavy atom. The number of carboxylic acid groups (broad SMARTS) is 1. The number of carboxylic acids is 1. The van der Waals surface area contributed by atoms with Crippen LogP contribution in [0.25, 0.3) is 0 Å². The van der Waals surface area contributed by atoms with Crippen molar-refractivity contribution in [3.8, 4) is 0 Å². The maximum atomic E-state index is 13.1. The minimum absolute atomic E-state index is 0.0480. The Balaban J connectivity index is 1.89. The highest BCUT2D eigenvalue weighted by Gasteiger charge is 2.40. The van der Waals surface area contributed by atoms with Crippen LogP contribution in [-0.2, 0) is 9.59 Å². The molecule has 0 spiro atoms. The molecule has 2 aromatic rings. The van der Waals surface area contributed by atoms with Crippen LogP contribution in [0.1, 0.15) is 46.8 Å². The first-order chi connectivity index (χ1) is 13.0. The number of carbonyl (C=O) groups excluding carboxylic acids is 2. The number of aromatic carboxylic acids is 1. The van der Waals surface area contributed by atoms with E-state index in [2.05, 4.69) is 0 Å². The summed E-state index contributed by atoms with van der Waals surface area (Å²) < 4.78 is 0. The molecule has 1 aromatic carbocycles. The van der Waals surface area contributed by atoms with Gasteiger partial charge in [-0.3, -0.25) is 14.5 Å². The van der Waals surface area contributed by atoms with Gasteiger partial charge in [-0.25, -0.2) is 4.79 Å². The van der Waals surface area contributed by atoms with E-state index in [9.17, 15) is 19.5 Å². The number of Topliss-reactive ketones (excluding diaryl/α,β-unsaturated/α-hetero) is 1. The molecule has 5 nitrogen and oxygen atoms in total. The van der Waals surface area contributed by atoms with Gasteiger partial charge in [0.05, 0.1) is 16.3 Å². The Bertz CT molecular complexity index is 980. The van der Waals surface area contributed by atoms with Crippen molar-refractivity contribution in [1.29, 1.82) is 0 Å². The first kappa shape index (κ1) is 17.9. The second-order valence-electron chi connectivity index (χ2n) is 6.61. The molecule has 1 unspecified atom stereocenters. The van der Waals surface area contributed by atoms with Gasteiger partial charge in [0.1, 0.15) is 0 Å². The number of hydrogen-bond donors (Lipinski definition) is 1. The lowest BCUT2D eigenvalue weighted by Gasteiger charge is -2.38. The minimum atomic E-state index is -1.09. The van der Waals surface area contributed by atoms with Crippen LogP contribution in [0.5, 0.6) is 0 Å². The van der Waals surface area contributed by atoms with Crippen molar-refractivity contribution in [3.05, 3.63) is 62.4 Å². The zero-order valence-electron chi connectivity index (χ0n) is 14.3. The number of carbonyl (C=O) groups is 3. The fourth-order valence-electron chi connectivity index (χ4n) is 3.82. The number of thiophene rings is 1. The second kappa shape index (κ2) is 6.94. The van der Waals surface area contributed by atoms with Crippen LogP contribution in [0.2, 0.25) is 5.02 Å². The van der Waals surface area contributed by atoms with Crippen molar-refractivity contribution in [2.24, 2.45) is 0 Å². The van der Waals surface area contributed by atoms with Crippen LogP contribution in [0.15, 0.2) is 47.0 Å². The molecule has 0 bridgehead atoms. The molecule has 1 atom stereocenters. The maximum absolute atomic E-state index is 13.1. The first-order valence-corrected chi connectivity index (χ1v) is 9.88. The summed E-state index contributed by atoms with van der Waals surface area (Å²) in [7, 11) is 0. The molecule has 27 heavy (non-hydrogen) atoms. The predicted molar refractivity (Wildman–Crippen MR) is 103 cm³/mol. The molecule has 2 aliphatic rings. The maximum Gasteiger partial charge on any atom is 0.335 e. The van der Waals surface area contributed by atoms with Crippen LogP contribution >= 0.6 is 22.9 Å². The van der Waals surface area contributed by atoms with Crippen molar-refractivity contribution in [1.82, 2.24) is 0 Å². The van der Waals surface area contributed by atoms with Gasteiger partial charge in [0, 0.05) is 34.9 Å². The molecule has 138 valence electrons. The molecular weight excluding hydrogens is 386 g/mol. The van der Waals surface area contributed by atoms with Gasteiger partial charge < -0.3 is 5.11 Å². The van der Waals surface area contributed by atoms with Gasteiger partial charge in [-0.1, -0.05) is 17.7 Å². The zero-order chi connectivity index (χ0) is 19.1. The Hall–Kier alpha value is -2.44. The summed E-state index contributed by atoms with van der Waals surface area (Å²) in [4.78, 5) is 39.7. The van der Waals surface area contributed by atoms with Gasteiger partial charge in [-0.15, -0.1) is 11.3 Å². The second-order valence-corrected chi connectivity index (χ2v) is 8.00. The van der Waals surface area contributed by atoms with Gasteiger partial charge in [0.25, 0.3) is 0 Å². The Morgan fingerprint density at radius 1 is 1.22 bits per heavy atom. The van der Waals surface area contributed by atoms with Crippen LogP contribution < -0.4 is 4.90 Å². The van der Waals surface area contributed by atoms with E-state index in [1.54, 1.807) is 0 Å². The van der Waals surface area contributed by atoms with Crippen LogP contribution in [-0.4, -0.2) is 22.8 Å². The fourth-order valence-corrected chi connectivity index (χ4v) is 4.86. The quantitative estimate of drug-likeness (QED) is 0.813. The monoisotopic (exact) mass is 401 g/mol. The van der Waals surface area contributed by atoms with E-state index >= 15 is 0 Å². The van der Waals surface area contributed by atoms with Crippen molar-refractivity contribution < 1.29 is 19.5 Å². The smallest absolute Gasteiger partial charge is 0.335 e. The third-order valence-corrected chi connectivity index (χ3v) is 6.30. The van der Waals surface area contributed by atoms with Crippen LogP contribution in [0.4, 0.5) is 5.69 Å². The van der Waals surface area contributed by atoms with E-state index < -0.39 is 5.97 Å². The average molecular weight is 402 g/mol. The summed E-state index contributed by atoms with van der Waals surface area (Å²) in [6.07, 6.45) is 1.88. The molecule has 2 heterocycles. The average Bonchev–Trinajstić information content (AvgIpc) is 3.16. The number of ketones is 1. The molecule has 1 aromatic heterocycles. The summed E-state index contributed by atoms with van der Waals surface area (Å²) in [6.45, 7) is 0. The zero-order valence-corrected chi connectivity index (χ0v) is 15.8. The van der Waals surface area contributed by atoms with E-state index in [0.717, 1.165) is 4.88 Å². The third kappa shape index (κ3) is 3.09. The highest BCUT2D eigenvalue weighted by Crippen LogP contribution is 2.45. The lowest BCUT2D eigenvalue weighted by molar-refractivity contribution is -0.119. The molecule has 1 amide bonds. The summed E-state index contributed by atoms with van der Waals surface area (Å²) in [6, 6.07) is 8.14. The SMILES string of the molecule is O=C1CCCC2=C1C(c1cccs1)CC(=O)N2c1cc(C(=O)O)ccc1Cl. The Labute approximate surface area is 164 Å². The van der Waals surface area contributed by atoms with Gasteiger partial charge >= 0.3 is 5.97 Å². The number of allylic oxidation sites excluding steroid dienone is 2. The molecule has 0 saturated carbocycles. The van der Waals surface area contributed by atoms with Gasteiger partial charge in [0.2, 0.25) is 5.91 Å². The number of amides is 1. The normalized spacial score (nSPS) is 20.0. The molecule has 1 aliphatic heterocycles. The standard InChI is InChI=1S/C20H16ClNO4S/c21-13-7-6-11(20(25)26)9-15(13)22-14-3-1-4-16(23)19(14)12(10-18(22)24)17-5-2-8-27-17/h2,5-9,12H,1,3-4,10H2,(H,25,26). The minimum Gasteiger partial charge on any atom is -0.478 e. The van der Waals surface area contributed by atoms with Crippen LogP contribution in [0.3, 0.4) is 0 Å². The van der Waals surface area contributed by atoms with Crippen molar-refractivity contribution in [2.75, 3.05) is 4.90 Å². The topological polar surface area (TPSA) is 74.7 Å². The number of benzene rings is 1. The van der Waals surface area contributed by atoms with E-state index in [-0.39, 0.29) is 34.6 Å². The predicted octanol–water partition coefficient (Wildman–Crippen LogP) is 4.63. The first-order valence-electron chi connectivity index (χ1n) is 8.63.